The molecule has 3 rings (SSSR count). The van der Waals surface area contributed by atoms with Crippen molar-refractivity contribution in [2.24, 2.45) is 16.8 Å². The quantitative estimate of drug-likeness (QED) is 0.741. The summed E-state index contributed by atoms with van der Waals surface area (Å²) in [6.45, 7) is 10.2. The summed E-state index contributed by atoms with van der Waals surface area (Å²) < 4.78 is 5.90. The molecule has 0 amide bonds. The second-order valence-electron chi connectivity index (χ2n) is 7.36. The van der Waals surface area contributed by atoms with Gasteiger partial charge in [0.25, 0.3) is 0 Å². The molecule has 3 heteroatoms. The molecule has 1 saturated heterocycles. The van der Waals surface area contributed by atoms with Crippen molar-refractivity contribution in [1.29, 1.82) is 0 Å². The van der Waals surface area contributed by atoms with Gasteiger partial charge in [-0.15, -0.1) is 0 Å². The number of piperidine rings is 1. The van der Waals surface area contributed by atoms with Gasteiger partial charge in [-0.2, -0.15) is 0 Å². The van der Waals surface area contributed by atoms with Gasteiger partial charge in [0.05, 0.1) is 6.61 Å². The highest BCUT2D eigenvalue weighted by molar-refractivity contribution is 6.01. The summed E-state index contributed by atoms with van der Waals surface area (Å²) >= 11 is 0. The largest absolute Gasteiger partial charge is 0.494 e. The Hall–Kier alpha value is -1.35. The van der Waals surface area contributed by atoms with Crippen molar-refractivity contribution < 1.29 is 4.74 Å². The molecule has 0 radical (unpaired) electrons. The highest BCUT2D eigenvalue weighted by Crippen LogP contribution is 2.21. The maximum absolute atomic E-state index is 5.90. The second-order valence-corrected chi connectivity index (χ2v) is 7.36. The summed E-state index contributed by atoms with van der Waals surface area (Å²) in [7, 11) is 0. The minimum atomic E-state index is 0.805. The number of aliphatic imine (C=N–C) groups is 1. The SMILES string of the molecule is CC1CC(C)CN(CCCOc2ccc(C3=NCCC3)cc2)C1. The summed E-state index contributed by atoms with van der Waals surface area (Å²) in [5.41, 5.74) is 2.51. The lowest BCUT2D eigenvalue weighted by Crippen LogP contribution is -2.39. The van der Waals surface area contributed by atoms with Crippen LogP contribution in [0.1, 0.15) is 45.1 Å². The van der Waals surface area contributed by atoms with E-state index in [1.807, 2.05) is 0 Å². The van der Waals surface area contributed by atoms with Gasteiger partial charge < -0.3 is 9.64 Å². The van der Waals surface area contributed by atoms with E-state index in [1.165, 1.54) is 37.2 Å². The molecule has 2 heterocycles. The lowest BCUT2D eigenvalue weighted by molar-refractivity contribution is 0.132. The van der Waals surface area contributed by atoms with Crippen molar-refractivity contribution >= 4 is 5.71 Å². The first-order valence-corrected chi connectivity index (χ1v) is 9.19. The van der Waals surface area contributed by atoms with E-state index in [9.17, 15) is 0 Å². The number of hydrogen-bond donors (Lipinski definition) is 0. The molecule has 23 heavy (non-hydrogen) atoms. The molecule has 0 aromatic heterocycles. The van der Waals surface area contributed by atoms with Gasteiger partial charge in [-0.1, -0.05) is 13.8 Å². The summed E-state index contributed by atoms with van der Waals surface area (Å²) in [5.74, 6) is 2.66. The molecular formula is C20H30N2O. The van der Waals surface area contributed by atoms with E-state index in [2.05, 4.69) is 48.0 Å². The van der Waals surface area contributed by atoms with E-state index in [0.29, 0.717) is 0 Å². The molecule has 1 fully saturated rings. The van der Waals surface area contributed by atoms with Gasteiger partial charge >= 0.3 is 0 Å². The Kier molecular flexibility index (Phi) is 5.71. The maximum Gasteiger partial charge on any atom is 0.119 e. The Labute approximate surface area is 140 Å². The molecule has 0 saturated carbocycles. The summed E-state index contributed by atoms with van der Waals surface area (Å²) in [4.78, 5) is 7.15. The zero-order chi connectivity index (χ0) is 16.1. The smallest absolute Gasteiger partial charge is 0.119 e. The molecule has 0 bridgehead atoms. The van der Waals surface area contributed by atoms with Gasteiger partial charge in [0, 0.05) is 31.9 Å². The summed E-state index contributed by atoms with van der Waals surface area (Å²) in [6.07, 6.45) is 4.80. The van der Waals surface area contributed by atoms with Gasteiger partial charge in [0.15, 0.2) is 0 Å². The third-order valence-corrected chi connectivity index (χ3v) is 4.89. The van der Waals surface area contributed by atoms with Crippen LogP contribution in [-0.2, 0) is 0 Å². The molecule has 2 aliphatic rings. The van der Waals surface area contributed by atoms with Crippen molar-refractivity contribution in [2.75, 3.05) is 32.8 Å². The minimum absolute atomic E-state index is 0.805. The maximum atomic E-state index is 5.90. The second kappa shape index (κ2) is 7.96. The molecule has 1 aromatic rings. The van der Waals surface area contributed by atoms with Crippen molar-refractivity contribution in [3.8, 4) is 5.75 Å². The molecule has 1 aromatic carbocycles. The molecule has 2 aliphatic heterocycles. The normalized spacial score (nSPS) is 25.4. The number of rotatable bonds is 6. The van der Waals surface area contributed by atoms with E-state index < -0.39 is 0 Å². The van der Waals surface area contributed by atoms with Crippen molar-refractivity contribution in [3.63, 3.8) is 0 Å². The van der Waals surface area contributed by atoms with Crippen LogP contribution in [-0.4, -0.2) is 43.4 Å². The first kappa shape index (κ1) is 16.5. The lowest BCUT2D eigenvalue weighted by Gasteiger charge is -2.34. The molecule has 0 N–H and O–H groups in total. The molecule has 126 valence electrons. The number of benzene rings is 1. The van der Waals surface area contributed by atoms with Crippen LogP contribution >= 0.6 is 0 Å². The van der Waals surface area contributed by atoms with Gasteiger partial charge in [-0.3, -0.25) is 4.99 Å². The summed E-state index contributed by atoms with van der Waals surface area (Å²) in [6, 6.07) is 8.46. The van der Waals surface area contributed by atoms with Crippen LogP contribution in [0.25, 0.3) is 0 Å². The van der Waals surface area contributed by atoms with Crippen LogP contribution < -0.4 is 4.74 Å². The first-order chi connectivity index (χ1) is 11.2. The van der Waals surface area contributed by atoms with E-state index in [1.54, 1.807) is 0 Å². The third-order valence-electron chi connectivity index (χ3n) is 4.89. The van der Waals surface area contributed by atoms with Gasteiger partial charge in [-0.05, 0) is 67.3 Å². The van der Waals surface area contributed by atoms with Crippen LogP contribution in [0.4, 0.5) is 0 Å². The number of ether oxygens (including phenoxy) is 1. The Morgan fingerprint density at radius 3 is 2.52 bits per heavy atom. The van der Waals surface area contributed by atoms with Crippen molar-refractivity contribution in [3.05, 3.63) is 29.8 Å². The lowest BCUT2D eigenvalue weighted by atomic mass is 9.92. The Bertz CT molecular complexity index is 513. The molecule has 0 spiro atoms. The average Bonchev–Trinajstić information content (AvgIpc) is 3.06. The predicted octanol–water partition coefficient (Wildman–Crippen LogP) is 4.02. The molecule has 2 atom stereocenters. The first-order valence-electron chi connectivity index (χ1n) is 9.19. The predicted molar refractivity (Wildman–Crippen MR) is 96.6 cm³/mol. The van der Waals surface area contributed by atoms with E-state index in [4.69, 9.17) is 4.74 Å². The van der Waals surface area contributed by atoms with Crippen LogP contribution in [0, 0.1) is 11.8 Å². The van der Waals surface area contributed by atoms with Gasteiger partial charge in [-0.25, -0.2) is 0 Å². The fourth-order valence-electron chi connectivity index (χ4n) is 3.97. The van der Waals surface area contributed by atoms with Crippen molar-refractivity contribution in [1.82, 2.24) is 4.90 Å². The van der Waals surface area contributed by atoms with Crippen LogP contribution in [0.5, 0.6) is 5.75 Å². The highest BCUT2D eigenvalue weighted by Gasteiger charge is 2.21. The topological polar surface area (TPSA) is 24.8 Å². The van der Waals surface area contributed by atoms with Crippen LogP contribution in [0.2, 0.25) is 0 Å². The molecule has 2 unspecified atom stereocenters. The number of hydrogen-bond acceptors (Lipinski definition) is 3. The molecule has 3 nitrogen and oxygen atoms in total. The highest BCUT2D eigenvalue weighted by atomic mass is 16.5. The Balaban J connectivity index is 1.39. The van der Waals surface area contributed by atoms with Gasteiger partial charge in [0.1, 0.15) is 5.75 Å². The summed E-state index contributed by atoms with van der Waals surface area (Å²) in [5, 5.41) is 0. The van der Waals surface area contributed by atoms with Crippen molar-refractivity contribution in [2.45, 2.75) is 39.5 Å². The number of likely N-dealkylation sites (tertiary alicyclic amines) is 1. The van der Waals surface area contributed by atoms with Crippen LogP contribution in [0.3, 0.4) is 0 Å². The average molecular weight is 314 g/mol. The zero-order valence-electron chi connectivity index (χ0n) is 14.6. The van der Waals surface area contributed by atoms with E-state index >= 15 is 0 Å². The number of nitrogens with zero attached hydrogens (tertiary/aromatic N) is 2. The molecule has 0 aliphatic carbocycles. The van der Waals surface area contributed by atoms with E-state index in [-0.39, 0.29) is 0 Å². The fourth-order valence-corrected chi connectivity index (χ4v) is 3.97. The Morgan fingerprint density at radius 2 is 1.87 bits per heavy atom. The molecular weight excluding hydrogens is 284 g/mol. The minimum Gasteiger partial charge on any atom is -0.494 e. The van der Waals surface area contributed by atoms with Gasteiger partial charge in [0.2, 0.25) is 0 Å². The Morgan fingerprint density at radius 1 is 1.13 bits per heavy atom. The monoisotopic (exact) mass is 314 g/mol. The fraction of sp³-hybridized carbons (Fsp3) is 0.650. The zero-order valence-corrected chi connectivity index (χ0v) is 14.6. The van der Waals surface area contributed by atoms with Crippen LogP contribution in [0.15, 0.2) is 29.3 Å². The van der Waals surface area contributed by atoms with E-state index in [0.717, 1.165) is 50.1 Å². The third kappa shape index (κ3) is 4.81. The standard InChI is InChI=1S/C20H30N2O/c1-16-13-17(2)15-22(14-16)11-4-12-23-19-8-6-18(7-9-19)20-5-3-10-21-20/h6-9,16-17H,3-5,10-15H2,1-2H3.